The summed E-state index contributed by atoms with van der Waals surface area (Å²) >= 11 is 5.19. The molecule has 6 heteroatoms. The van der Waals surface area contributed by atoms with Gasteiger partial charge in [-0.15, -0.1) is 0 Å². The van der Waals surface area contributed by atoms with Gasteiger partial charge < -0.3 is 4.98 Å². The van der Waals surface area contributed by atoms with E-state index in [2.05, 4.69) is 0 Å². The Morgan fingerprint density at radius 1 is 1.50 bits per heavy atom. The number of aromatic amines is 1. The van der Waals surface area contributed by atoms with E-state index in [0.29, 0.717) is 6.07 Å². The highest BCUT2D eigenvalue weighted by molar-refractivity contribution is 6.29. The van der Waals surface area contributed by atoms with Crippen LogP contribution in [0.15, 0.2) is 10.9 Å². The number of alkyl halides is 2. The van der Waals surface area contributed by atoms with Crippen molar-refractivity contribution in [2.45, 2.75) is 6.43 Å². The van der Waals surface area contributed by atoms with Crippen LogP contribution in [0, 0.1) is 5.95 Å². The average molecular weight is 198 g/mol. The molecule has 1 heterocycles. The summed E-state index contributed by atoms with van der Waals surface area (Å²) in [6, 6.07) is 0.701. The third-order valence-electron chi connectivity index (χ3n) is 1.21. The summed E-state index contributed by atoms with van der Waals surface area (Å²) in [6.45, 7) is 0. The third-order valence-corrected chi connectivity index (χ3v) is 1.41. The number of rotatable bonds is 1. The van der Waals surface area contributed by atoms with E-state index in [1.54, 1.807) is 4.98 Å². The molecule has 0 fully saturated rings. The van der Waals surface area contributed by atoms with Gasteiger partial charge in [-0.25, -0.2) is 8.78 Å². The second-order valence-corrected chi connectivity index (χ2v) is 2.42. The van der Waals surface area contributed by atoms with Gasteiger partial charge in [0.1, 0.15) is 10.7 Å². The lowest BCUT2D eigenvalue weighted by molar-refractivity contribution is 0.144. The van der Waals surface area contributed by atoms with Crippen LogP contribution in [0.2, 0.25) is 5.15 Å². The van der Waals surface area contributed by atoms with E-state index < -0.39 is 23.4 Å². The van der Waals surface area contributed by atoms with Gasteiger partial charge in [0.15, 0.2) is 5.43 Å². The van der Waals surface area contributed by atoms with Crippen LogP contribution in [0.3, 0.4) is 0 Å². The Hall–Kier alpha value is -0.970. The highest BCUT2D eigenvalue weighted by Gasteiger charge is 2.18. The largest absolute Gasteiger partial charge is 0.322 e. The SMILES string of the molecule is O=c1cc(Cl)[nH]c(F)c1C(F)F. The maximum absolute atomic E-state index is 12.5. The fraction of sp³-hybridized carbons (Fsp3) is 0.167. The van der Waals surface area contributed by atoms with Crippen LogP contribution >= 0.6 is 11.6 Å². The maximum atomic E-state index is 12.5. The molecular formula is C6H3ClF3NO. The van der Waals surface area contributed by atoms with Gasteiger partial charge in [0.2, 0.25) is 5.95 Å². The van der Waals surface area contributed by atoms with E-state index in [1.165, 1.54) is 0 Å². The van der Waals surface area contributed by atoms with Crippen molar-refractivity contribution < 1.29 is 13.2 Å². The molecule has 12 heavy (non-hydrogen) atoms. The molecule has 1 aromatic heterocycles. The summed E-state index contributed by atoms with van der Waals surface area (Å²) in [5.74, 6) is -1.39. The van der Waals surface area contributed by atoms with Crippen molar-refractivity contribution in [3.8, 4) is 0 Å². The molecule has 0 aliphatic carbocycles. The van der Waals surface area contributed by atoms with E-state index in [9.17, 15) is 18.0 Å². The lowest BCUT2D eigenvalue weighted by Gasteiger charge is -1.99. The minimum Gasteiger partial charge on any atom is -0.322 e. The Labute approximate surface area is 70.0 Å². The molecule has 0 saturated heterocycles. The molecule has 0 aliphatic rings. The Morgan fingerprint density at radius 2 is 2.08 bits per heavy atom. The van der Waals surface area contributed by atoms with Gasteiger partial charge in [-0.05, 0) is 0 Å². The molecule has 0 aliphatic heterocycles. The summed E-state index contributed by atoms with van der Waals surface area (Å²) in [7, 11) is 0. The predicted octanol–water partition coefficient (Wildman–Crippen LogP) is 2.10. The molecule has 0 saturated carbocycles. The van der Waals surface area contributed by atoms with Crippen LogP contribution in [0.25, 0.3) is 0 Å². The standard InChI is InChI=1S/C6H3ClF3NO/c7-3-1-2(12)4(5(8)9)6(10)11-3/h1,5H,(H,11,12). The van der Waals surface area contributed by atoms with E-state index in [1.807, 2.05) is 0 Å². The second kappa shape index (κ2) is 3.18. The van der Waals surface area contributed by atoms with Gasteiger partial charge in [0.25, 0.3) is 6.43 Å². The molecule has 0 spiro atoms. The molecule has 0 radical (unpaired) electrons. The topological polar surface area (TPSA) is 32.9 Å². The number of nitrogens with one attached hydrogen (secondary N) is 1. The van der Waals surface area contributed by atoms with Crippen molar-refractivity contribution in [3.05, 3.63) is 33.0 Å². The van der Waals surface area contributed by atoms with Gasteiger partial charge in [-0.1, -0.05) is 11.6 Å². The van der Waals surface area contributed by atoms with Crippen LogP contribution < -0.4 is 5.43 Å². The van der Waals surface area contributed by atoms with Crippen LogP contribution in [0.5, 0.6) is 0 Å². The molecule has 1 aromatic rings. The van der Waals surface area contributed by atoms with Crippen molar-refractivity contribution in [3.63, 3.8) is 0 Å². The first-order chi connectivity index (χ1) is 5.52. The fourth-order valence-corrected chi connectivity index (χ4v) is 0.895. The number of hydrogen-bond donors (Lipinski definition) is 1. The lowest BCUT2D eigenvalue weighted by atomic mass is 10.3. The average Bonchev–Trinajstić information content (AvgIpc) is 1.82. The Balaban J connectivity index is 3.39. The van der Waals surface area contributed by atoms with Gasteiger partial charge in [0, 0.05) is 6.07 Å². The molecule has 0 aromatic carbocycles. The molecule has 0 atom stereocenters. The number of pyridine rings is 1. The van der Waals surface area contributed by atoms with Gasteiger partial charge in [0.05, 0.1) is 0 Å². The first-order valence-electron chi connectivity index (χ1n) is 2.88. The summed E-state index contributed by atoms with van der Waals surface area (Å²) in [5.41, 5.74) is -2.29. The zero-order valence-electron chi connectivity index (χ0n) is 5.57. The molecule has 1 rings (SSSR count). The second-order valence-electron chi connectivity index (χ2n) is 2.01. The highest BCUT2D eigenvalue weighted by atomic mass is 35.5. The smallest absolute Gasteiger partial charge is 0.271 e. The quantitative estimate of drug-likeness (QED) is 0.687. The molecule has 0 unspecified atom stereocenters. The van der Waals surface area contributed by atoms with Crippen molar-refractivity contribution >= 4 is 11.6 Å². The molecule has 66 valence electrons. The number of aromatic nitrogens is 1. The molecule has 1 N–H and O–H groups in total. The molecule has 0 bridgehead atoms. The van der Waals surface area contributed by atoms with Gasteiger partial charge >= 0.3 is 0 Å². The Bertz CT molecular complexity index is 349. The normalized spacial score (nSPS) is 10.8. The zero-order chi connectivity index (χ0) is 9.30. The van der Waals surface area contributed by atoms with Gasteiger partial charge in [-0.2, -0.15) is 4.39 Å². The number of hydrogen-bond acceptors (Lipinski definition) is 1. The van der Waals surface area contributed by atoms with Crippen molar-refractivity contribution in [2.75, 3.05) is 0 Å². The summed E-state index contributed by atoms with van der Waals surface area (Å²) in [6.07, 6.45) is -3.13. The maximum Gasteiger partial charge on any atom is 0.271 e. The third kappa shape index (κ3) is 1.61. The summed E-state index contributed by atoms with van der Waals surface area (Å²) < 4.78 is 36.4. The van der Waals surface area contributed by atoms with Gasteiger partial charge in [-0.3, -0.25) is 4.79 Å². The van der Waals surface area contributed by atoms with Crippen LogP contribution in [-0.2, 0) is 0 Å². The van der Waals surface area contributed by atoms with Crippen LogP contribution in [0.4, 0.5) is 13.2 Å². The molecular weight excluding hydrogens is 195 g/mol. The first kappa shape index (κ1) is 9.12. The first-order valence-corrected chi connectivity index (χ1v) is 3.26. The van der Waals surface area contributed by atoms with E-state index in [-0.39, 0.29) is 5.15 Å². The van der Waals surface area contributed by atoms with E-state index in [0.717, 1.165) is 0 Å². The van der Waals surface area contributed by atoms with Crippen molar-refractivity contribution in [2.24, 2.45) is 0 Å². The fourth-order valence-electron chi connectivity index (χ4n) is 0.713. The molecule has 0 amide bonds. The predicted molar refractivity (Wildman–Crippen MR) is 37.0 cm³/mol. The van der Waals surface area contributed by atoms with Crippen LogP contribution in [-0.4, -0.2) is 4.98 Å². The molecule has 2 nitrogen and oxygen atoms in total. The van der Waals surface area contributed by atoms with E-state index >= 15 is 0 Å². The lowest BCUT2D eigenvalue weighted by Crippen LogP contribution is -2.12. The van der Waals surface area contributed by atoms with E-state index in [4.69, 9.17) is 11.6 Å². The summed E-state index contributed by atoms with van der Waals surface area (Å²) in [5, 5.41) is -0.304. The highest BCUT2D eigenvalue weighted by Crippen LogP contribution is 2.17. The zero-order valence-corrected chi connectivity index (χ0v) is 6.33. The minimum atomic E-state index is -3.13. The number of H-pyrrole nitrogens is 1. The monoisotopic (exact) mass is 197 g/mol. The van der Waals surface area contributed by atoms with Crippen molar-refractivity contribution in [1.82, 2.24) is 4.98 Å². The Kier molecular flexibility index (Phi) is 2.42. The van der Waals surface area contributed by atoms with Crippen molar-refractivity contribution in [1.29, 1.82) is 0 Å². The number of halogens is 4. The summed E-state index contributed by atoms with van der Waals surface area (Å²) in [4.78, 5) is 12.5. The van der Waals surface area contributed by atoms with Crippen LogP contribution in [0.1, 0.15) is 12.0 Å². The Morgan fingerprint density at radius 3 is 2.50 bits per heavy atom. The minimum absolute atomic E-state index is 0.304.